The molecule has 3 rings (SSSR count). The minimum absolute atomic E-state index is 0.0767. The Kier molecular flexibility index (Phi) is 8.48. The molecule has 0 aliphatic rings. The van der Waals surface area contributed by atoms with Crippen molar-refractivity contribution in [2.45, 2.75) is 45.9 Å². The Morgan fingerprint density at radius 1 is 0.970 bits per heavy atom. The molecule has 1 aromatic heterocycles. The van der Waals surface area contributed by atoms with Crippen molar-refractivity contribution in [3.8, 4) is 5.75 Å². The molecule has 1 heterocycles. The number of thioether (sulfide) groups is 1. The van der Waals surface area contributed by atoms with E-state index in [1.165, 1.54) is 11.8 Å². The van der Waals surface area contributed by atoms with E-state index in [2.05, 4.69) is 20.8 Å². The standard InChI is InChI=1S/C24H29N5O3S/c1-5-29-20(13-25-21(30)14-32-23-17(3)10-8-11-18(23)4)27-28-24(29)33-15-22(31)26-19-12-7-6-9-16(19)2/h6-12H,5,13-15H2,1-4H3,(H,25,30)(H,26,31). The third kappa shape index (κ3) is 6.58. The van der Waals surface area contributed by atoms with E-state index in [0.29, 0.717) is 17.5 Å². The summed E-state index contributed by atoms with van der Waals surface area (Å²) in [5.41, 5.74) is 3.78. The highest BCUT2D eigenvalue weighted by atomic mass is 32.2. The van der Waals surface area contributed by atoms with Gasteiger partial charge >= 0.3 is 0 Å². The Morgan fingerprint density at radius 3 is 2.36 bits per heavy atom. The van der Waals surface area contributed by atoms with Gasteiger partial charge in [0.25, 0.3) is 5.91 Å². The van der Waals surface area contributed by atoms with Gasteiger partial charge in [-0.3, -0.25) is 9.59 Å². The lowest BCUT2D eigenvalue weighted by molar-refractivity contribution is -0.123. The van der Waals surface area contributed by atoms with E-state index in [9.17, 15) is 9.59 Å². The molecule has 0 bridgehead atoms. The summed E-state index contributed by atoms with van der Waals surface area (Å²) in [7, 11) is 0. The minimum atomic E-state index is -0.241. The van der Waals surface area contributed by atoms with Gasteiger partial charge in [0.05, 0.1) is 12.3 Å². The van der Waals surface area contributed by atoms with Gasteiger partial charge in [0.1, 0.15) is 5.75 Å². The summed E-state index contributed by atoms with van der Waals surface area (Å²) in [6.07, 6.45) is 0. The zero-order valence-electron chi connectivity index (χ0n) is 19.3. The average molecular weight is 468 g/mol. The van der Waals surface area contributed by atoms with Crippen LogP contribution < -0.4 is 15.4 Å². The van der Waals surface area contributed by atoms with Crippen LogP contribution in [-0.2, 0) is 22.7 Å². The quantitative estimate of drug-likeness (QED) is 0.442. The molecule has 0 aliphatic heterocycles. The zero-order valence-corrected chi connectivity index (χ0v) is 20.2. The second-order valence-corrected chi connectivity index (χ2v) is 8.52. The van der Waals surface area contributed by atoms with Gasteiger partial charge in [-0.25, -0.2) is 0 Å². The van der Waals surface area contributed by atoms with Gasteiger partial charge in [-0.15, -0.1) is 10.2 Å². The number of ether oxygens (including phenoxy) is 1. The van der Waals surface area contributed by atoms with E-state index in [1.807, 2.05) is 74.7 Å². The summed E-state index contributed by atoms with van der Waals surface area (Å²) in [5, 5.41) is 14.7. The molecule has 0 unspecified atom stereocenters. The first-order valence-corrected chi connectivity index (χ1v) is 11.7. The van der Waals surface area contributed by atoms with Crippen molar-refractivity contribution in [2.24, 2.45) is 0 Å². The molecule has 2 aromatic carbocycles. The molecular formula is C24H29N5O3S. The van der Waals surface area contributed by atoms with Crippen molar-refractivity contribution in [3.05, 3.63) is 65.0 Å². The van der Waals surface area contributed by atoms with Crippen LogP contribution in [0.1, 0.15) is 29.4 Å². The normalized spacial score (nSPS) is 10.7. The lowest BCUT2D eigenvalue weighted by atomic mass is 10.1. The highest BCUT2D eigenvalue weighted by molar-refractivity contribution is 7.99. The number of para-hydroxylation sites is 2. The molecule has 3 aromatic rings. The number of amides is 2. The minimum Gasteiger partial charge on any atom is -0.483 e. The monoisotopic (exact) mass is 467 g/mol. The van der Waals surface area contributed by atoms with E-state index in [1.54, 1.807) is 0 Å². The molecule has 0 spiro atoms. The summed E-state index contributed by atoms with van der Waals surface area (Å²) >= 11 is 1.31. The van der Waals surface area contributed by atoms with Crippen molar-refractivity contribution in [3.63, 3.8) is 0 Å². The van der Waals surface area contributed by atoms with Crippen LogP contribution in [0, 0.1) is 20.8 Å². The van der Waals surface area contributed by atoms with Gasteiger partial charge in [-0.05, 0) is 50.5 Å². The van der Waals surface area contributed by atoms with Crippen LogP contribution in [0.25, 0.3) is 0 Å². The molecule has 0 aliphatic carbocycles. The second-order valence-electron chi connectivity index (χ2n) is 7.58. The second kappa shape index (κ2) is 11.5. The molecule has 9 heteroatoms. The summed E-state index contributed by atoms with van der Waals surface area (Å²) in [6.45, 7) is 8.59. The number of hydrogen-bond acceptors (Lipinski definition) is 6. The Balaban J connectivity index is 1.51. The van der Waals surface area contributed by atoms with Crippen molar-refractivity contribution in [1.82, 2.24) is 20.1 Å². The van der Waals surface area contributed by atoms with Gasteiger partial charge in [-0.1, -0.05) is 48.2 Å². The maximum absolute atomic E-state index is 12.3. The number of nitrogens with zero attached hydrogens (tertiary/aromatic N) is 3. The highest BCUT2D eigenvalue weighted by Crippen LogP contribution is 2.22. The fourth-order valence-electron chi connectivity index (χ4n) is 3.30. The summed E-state index contributed by atoms with van der Waals surface area (Å²) < 4.78 is 7.59. The number of rotatable bonds is 10. The van der Waals surface area contributed by atoms with Gasteiger partial charge < -0.3 is 19.9 Å². The van der Waals surface area contributed by atoms with E-state index in [-0.39, 0.29) is 30.7 Å². The van der Waals surface area contributed by atoms with Crippen LogP contribution in [0.4, 0.5) is 5.69 Å². The molecule has 0 saturated heterocycles. The Labute approximate surface area is 198 Å². The van der Waals surface area contributed by atoms with E-state index in [0.717, 1.165) is 28.1 Å². The van der Waals surface area contributed by atoms with Gasteiger partial charge in [-0.2, -0.15) is 0 Å². The fraction of sp³-hybridized carbons (Fsp3) is 0.333. The van der Waals surface area contributed by atoms with Crippen LogP contribution in [-0.4, -0.2) is 38.9 Å². The SMILES string of the molecule is CCn1c(CNC(=O)COc2c(C)cccc2C)nnc1SCC(=O)Nc1ccccc1C. The molecule has 174 valence electrons. The first-order chi connectivity index (χ1) is 15.9. The Morgan fingerprint density at radius 2 is 1.67 bits per heavy atom. The number of aromatic nitrogens is 3. The van der Waals surface area contributed by atoms with Crippen molar-refractivity contribution >= 4 is 29.3 Å². The Bertz CT molecular complexity index is 1110. The van der Waals surface area contributed by atoms with Crippen LogP contribution in [0.5, 0.6) is 5.75 Å². The molecule has 0 saturated carbocycles. The number of aryl methyl sites for hydroxylation is 3. The summed E-state index contributed by atoms with van der Waals surface area (Å²) in [6, 6.07) is 13.5. The summed E-state index contributed by atoms with van der Waals surface area (Å²) in [4.78, 5) is 24.6. The number of carbonyl (C=O) groups is 2. The third-order valence-corrected chi connectivity index (χ3v) is 6.03. The molecule has 0 radical (unpaired) electrons. The van der Waals surface area contributed by atoms with Crippen molar-refractivity contribution < 1.29 is 14.3 Å². The molecule has 8 nitrogen and oxygen atoms in total. The number of carbonyl (C=O) groups excluding carboxylic acids is 2. The van der Waals surface area contributed by atoms with Crippen molar-refractivity contribution in [1.29, 1.82) is 0 Å². The highest BCUT2D eigenvalue weighted by Gasteiger charge is 2.15. The fourth-order valence-corrected chi connectivity index (χ4v) is 4.12. The number of anilines is 1. The van der Waals surface area contributed by atoms with Crippen molar-refractivity contribution in [2.75, 3.05) is 17.7 Å². The van der Waals surface area contributed by atoms with Gasteiger partial charge in [0.2, 0.25) is 5.91 Å². The lowest BCUT2D eigenvalue weighted by Gasteiger charge is -2.12. The summed E-state index contributed by atoms with van der Waals surface area (Å²) in [5.74, 6) is 1.21. The maximum atomic E-state index is 12.3. The molecule has 33 heavy (non-hydrogen) atoms. The Hall–Kier alpha value is -3.33. The lowest BCUT2D eigenvalue weighted by Crippen LogP contribution is -2.29. The predicted molar refractivity (Wildman–Crippen MR) is 129 cm³/mol. The molecule has 2 amide bonds. The van der Waals surface area contributed by atoms with Crippen LogP contribution in [0.2, 0.25) is 0 Å². The molecule has 0 fully saturated rings. The molecule has 2 N–H and O–H groups in total. The predicted octanol–water partition coefficient (Wildman–Crippen LogP) is 3.65. The van der Waals surface area contributed by atoms with E-state index in [4.69, 9.17) is 4.74 Å². The van der Waals surface area contributed by atoms with Gasteiger partial charge in [0.15, 0.2) is 17.6 Å². The average Bonchev–Trinajstić information content (AvgIpc) is 3.19. The topological polar surface area (TPSA) is 98.1 Å². The zero-order chi connectivity index (χ0) is 23.8. The smallest absolute Gasteiger partial charge is 0.258 e. The first-order valence-electron chi connectivity index (χ1n) is 10.7. The van der Waals surface area contributed by atoms with E-state index >= 15 is 0 Å². The number of benzene rings is 2. The van der Waals surface area contributed by atoms with Gasteiger partial charge in [0, 0.05) is 12.2 Å². The molecular weight excluding hydrogens is 438 g/mol. The first kappa shape index (κ1) is 24.3. The molecule has 0 atom stereocenters. The third-order valence-electron chi connectivity index (χ3n) is 5.06. The largest absolute Gasteiger partial charge is 0.483 e. The van der Waals surface area contributed by atoms with Crippen LogP contribution in [0.15, 0.2) is 47.6 Å². The van der Waals surface area contributed by atoms with E-state index < -0.39 is 0 Å². The number of nitrogens with one attached hydrogen (secondary N) is 2. The van der Waals surface area contributed by atoms with Crippen LogP contribution in [0.3, 0.4) is 0 Å². The maximum Gasteiger partial charge on any atom is 0.258 e. The number of hydrogen-bond donors (Lipinski definition) is 2. The van der Waals surface area contributed by atoms with Crippen LogP contribution >= 0.6 is 11.8 Å².